The molecule has 96 valence electrons. The molecule has 17 heavy (non-hydrogen) atoms. The molecule has 1 atom stereocenters. The van der Waals surface area contributed by atoms with Crippen molar-refractivity contribution in [3.8, 4) is 0 Å². The Balaban J connectivity index is 3.14. The van der Waals surface area contributed by atoms with E-state index in [0.717, 1.165) is 8.02 Å². The van der Waals surface area contributed by atoms with E-state index in [-0.39, 0.29) is 0 Å². The van der Waals surface area contributed by atoms with Crippen LogP contribution in [0.3, 0.4) is 0 Å². The van der Waals surface area contributed by atoms with Gasteiger partial charge in [-0.15, -0.1) is 0 Å². The van der Waals surface area contributed by atoms with Crippen molar-refractivity contribution in [1.29, 1.82) is 0 Å². The molecule has 0 saturated heterocycles. The van der Waals surface area contributed by atoms with E-state index in [1.165, 1.54) is 14.1 Å². The van der Waals surface area contributed by atoms with E-state index in [1.807, 2.05) is 0 Å². The molecule has 1 unspecified atom stereocenters. The zero-order valence-corrected chi connectivity index (χ0v) is 11.6. The van der Waals surface area contributed by atoms with Crippen LogP contribution in [0.2, 0.25) is 0 Å². The van der Waals surface area contributed by atoms with Gasteiger partial charge in [0.05, 0.1) is 5.69 Å². The third kappa shape index (κ3) is 3.74. The van der Waals surface area contributed by atoms with Crippen LogP contribution in [0.4, 0.5) is 10.1 Å². The lowest BCUT2D eigenvalue weighted by molar-refractivity contribution is 0.522. The topological polar surface area (TPSA) is 40.6 Å². The first-order valence-electron chi connectivity index (χ1n) is 4.58. The fraction of sp³-hybridized carbons (Fsp3) is 0.333. The fourth-order valence-corrected chi connectivity index (χ4v) is 3.53. The van der Waals surface area contributed by atoms with Gasteiger partial charge in [-0.25, -0.2) is 4.39 Å². The normalized spacial score (nSPS) is 13.7. The minimum Gasteiger partial charge on any atom is -0.216 e. The summed E-state index contributed by atoms with van der Waals surface area (Å²) in [5.41, 5.74) is 0.342. The Hall–Kier alpha value is -0.500. The molecular weight excluding hydrogens is 287 g/mol. The quantitative estimate of drug-likeness (QED) is 0.619. The predicted molar refractivity (Wildman–Crippen MR) is 69.9 cm³/mol. The molecule has 0 aliphatic carbocycles. The first kappa shape index (κ1) is 14.6. The monoisotopic (exact) mass is 298 g/mol. The minimum atomic E-state index is -3.78. The lowest BCUT2D eigenvalue weighted by atomic mass is 10.3. The maximum atomic E-state index is 12.8. The maximum Gasteiger partial charge on any atom is 0.313 e. The standard InChI is InChI=1S/C9H12ClFN2O2S2/c1-12(2)17(14,15)13(16-9(10)11)8-6-4-3-5-7-8/h3-7,9H,1-2H3. The number of halogens is 2. The number of alkyl halides is 2. The molecule has 0 heterocycles. The molecule has 0 aliphatic heterocycles. The Morgan fingerprint density at radius 1 is 1.29 bits per heavy atom. The maximum absolute atomic E-state index is 12.8. The van der Waals surface area contributed by atoms with Gasteiger partial charge in [0, 0.05) is 26.0 Å². The van der Waals surface area contributed by atoms with Gasteiger partial charge in [0.15, 0.2) is 0 Å². The van der Waals surface area contributed by atoms with Crippen LogP contribution in [0.25, 0.3) is 0 Å². The Morgan fingerprint density at radius 2 is 1.82 bits per heavy atom. The third-order valence-corrected chi connectivity index (χ3v) is 4.99. The van der Waals surface area contributed by atoms with E-state index in [9.17, 15) is 12.8 Å². The van der Waals surface area contributed by atoms with E-state index < -0.39 is 15.2 Å². The largest absolute Gasteiger partial charge is 0.313 e. The second-order valence-electron chi connectivity index (χ2n) is 3.22. The smallest absolute Gasteiger partial charge is 0.216 e. The highest BCUT2D eigenvalue weighted by molar-refractivity contribution is 8.14. The molecule has 0 amide bonds. The first-order chi connectivity index (χ1) is 7.85. The lowest BCUT2D eigenvalue weighted by Gasteiger charge is -2.25. The average Bonchev–Trinajstić information content (AvgIpc) is 2.26. The summed E-state index contributed by atoms with van der Waals surface area (Å²) in [6.07, 6.45) is 0. The van der Waals surface area contributed by atoms with Gasteiger partial charge in [-0.2, -0.15) is 16.4 Å². The molecule has 1 aromatic rings. The molecule has 0 spiro atoms. The van der Waals surface area contributed by atoms with Crippen LogP contribution in [-0.2, 0) is 10.2 Å². The summed E-state index contributed by atoms with van der Waals surface area (Å²) in [4.78, 5) is -1.84. The summed E-state index contributed by atoms with van der Waals surface area (Å²) in [5, 5.41) is 0. The van der Waals surface area contributed by atoms with E-state index in [0.29, 0.717) is 17.6 Å². The minimum absolute atomic E-state index is 0.342. The van der Waals surface area contributed by atoms with Crippen LogP contribution >= 0.6 is 23.5 Å². The van der Waals surface area contributed by atoms with Crippen LogP contribution in [0.5, 0.6) is 0 Å². The number of hydrogen-bond acceptors (Lipinski definition) is 3. The molecule has 0 saturated carbocycles. The highest BCUT2D eigenvalue weighted by Crippen LogP contribution is 2.31. The molecule has 0 aliphatic rings. The van der Waals surface area contributed by atoms with Crippen LogP contribution in [0.15, 0.2) is 30.3 Å². The SMILES string of the molecule is CN(C)S(=O)(=O)N(SC(F)Cl)c1ccccc1. The van der Waals surface area contributed by atoms with Crippen LogP contribution in [0.1, 0.15) is 0 Å². The van der Waals surface area contributed by atoms with Gasteiger partial charge in [-0.1, -0.05) is 29.8 Å². The number of benzene rings is 1. The van der Waals surface area contributed by atoms with Crippen molar-refractivity contribution >= 4 is 39.4 Å². The predicted octanol–water partition coefficient (Wildman–Crippen LogP) is 2.44. The Labute approximate surface area is 110 Å². The van der Waals surface area contributed by atoms with Crippen LogP contribution in [-0.4, -0.2) is 31.8 Å². The van der Waals surface area contributed by atoms with Crippen molar-refractivity contribution < 1.29 is 12.8 Å². The van der Waals surface area contributed by atoms with Gasteiger partial charge in [-0.3, -0.25) is 0 Å². The van der Waals surface area contributed by atoms with Gasteiger partial charge in [-0.05, 0) is 12.1 Å². The van der Waals surface area contributed by atoms with E-state index in [4.69, 9.17) is 11.6 Å². The number of rotatable bonds is 5. The molecule has 4 nitrogen and oxygen atoms in total. The van der Waals surface area contributed by atoms with E-state index >= 15 is 0 Å². The summed E-state index contributed by atoms with van der Waals surface area (Å²) in [6, 6.07) is 8.19. The first-order valence-corrected chi connectivity index (χ1v) is 7.25. The molecule has 0 radical (unpaired) electrons. The highest BCUT2D eigenvalue weighted by atomic mass is 35.5. The Morgan fingerprint density at radius 3 is 2.24 bits per heavy atom. The molecule has 0 N–H and O–H groups in total. The molecule has 0 fully saturated rings. The van der Waals surface area contributed by atoms with Gasteiger partial charge in [0.25, 0.3) is 0 Å². The lowest BCUT2D eigenvalue weighted by Crippen LogP contribution is -2.36. The molecule has 1 rings (SSSR count). The molecule has 0 bridgehead atoms. The molecule has 1 aromatic carbocycles. The van der Waals surface area contributed by atoms with Crippen molar-refractivity contribution in [2.75, 3.05) is 17.8 Å². The van der Waals surface area contributed by atoms with Gasteiger partial charge >= 0.3 is 10.2 Å². The van der Waals surface area contributed by atoms with Gasteiger partial charge in [0.2, 0.25) is 4.96 Å². The zero-order valence-electron chi connectivity index (χ0n) is 9.25. The summed E-state index contributed by atoms with van der Waals surface area (Å²) < 4.78 is 38.6. The van der Waals surface area contributed by atoms with Crippen molar-refractivity contribution in [1.82, 2.24) is 4.31 Å². The van der Waals surface area contributed by atoms with Gasteiger partial charge < -0.3 is 0 Å². The number of para-hydroxylation sites is 1. The van der Waals surface area contributed by atoms with Crippen LogP contribution < -0.4 is 3.71 Å². The van der Waals surface area contributed by atoms with Crippen molar-refractivity contribution in [2.45, 2.75) is 4.96 Å². The van der Waals surface area contributed by atoms with Crippen molar-refractivity contribution in [3.05, 3.63) is 30.3 Å². The second kappa shape index (κ2) is 5.90. The zero-order chi connectivity index (χ0) is 13.1. The Kier molecular flexibility index (Phi) is 5.05. The number of hydrogen-bond donors (Lipinski definition) is 0. The molecule has 0 aromatic heterocycles. The summed E-state index contributed by atoms with van der Waals surface area (Å²) in [6.45, 7) is 0. The number of nitrogens with zero attached hydrogens (tertiary/aromatic N) is 2. The Bertz CT molecular complexity index is 453. The van der Waals surface area contributed by atoms with Crippen molar-refractivity contribution in [3.63, 3.8) is 0 Å². The molecule has 8 heteroatoms. The second-order valence-corrected chi connectivity index (χ2v) is 7.07. The van der Waals surface area contributed by atoms with Crippen molar-refractivity contribution in [2.24, 2.45) is 0 Å². The number of anilines is 1. The highest BCUT2D eigenvalue weighted by Gasteiger charge is 2.28. The average molecular weight is 299 g/mol. The van der Waals surface area contributed by atoms with E-state index in [1.54, 1.807) is 30.3 Å². The summed E-state index contributed by atoms with van der Waals surface area (Å²) in [5.74, 6) is 0. The summed E-state index contributed by atoms with van der Waals surface area (Å²) in [7, 11) is -1.05. The molecular formula is C9H12ClFN2O2S2. The van der Waals surface area contributed by atoms with Gasteiger partial charge in [0.1, 0.15) is 0 Å². The van der Waals surface area contributed by atoms with E-state index in [2.05, 4.69) is 0 Å². The summed E-state index contributed by atoms with van der Waals surface area (Å²) >= 11 is 5.60. The van der Waals surface area contributed by atoms with Crippen LogP contribution in [0, 0.1) is 0 Å². The fourth-order valence-electron chi connectivity index (χ4n) is 1.02. The third-order valence-electron chi connectivity index (χ3n) is 1.81.